The Bertz CT molecular complexity index is 1020. The first kappa shape index (κ1) is 24.7. The number of benzene rings is 1. The van der Waals surface area contributed by atoms with Gasteiger partial charge in [0.1, 0.15) is 11.5 Å². The van der Waals surface area contributed by atoms with Crippen molar-refractivity contribution in [2.45, 2.75) is 33.2 Å². The topological polar surface area (TPSA) is 83.0 Å². The number of nitrogens with zero attached hydrogens (tertiary/aromatic N) is 3. The van der Waals surface area contributed by atoms with E-state index in [1.165, 1.54) is 11.0 Å². The number of carbonyl (C=O) groups is 2. The van der Waals surface area contributed by atoms with Gasteiger partial charge in [-0.2, -0.15) is 0 Å². The molecule has 8 heteroatoms. The fourth-order valence-electron chi connectivity index (χ4n) is 4.08. The average molecular weight is 472 g/mol. The summed E-state index contributed by atoms with van der Waals surface area (Å²) in [5.74, 6) is -1.12. The van der Waals surface area contributed by atoms with Gasteiger partial charge in [0.05, 0.1) is 23.2 Å². The summed E-state index contributed by atoms with van der Waals surface area (Å²) in [7, 11) is 0. The third-order valence-electron chi connectivity index (χ3n) is 5.81. The molecule has 1 atom stereocenters. The van der Waals surface area contributed by atoms with Crippen molar-refractivity contribution >= 4 is 29.1 Å². The van der Waals surface area contributed by atoms with Gasteiger partial charge in [0.15, 0.2) is 0 Å². The van der Waals surface area contributed by atoms with Crippen molar-refractivity contribution in [1.82, 2.24) is 14.8 Å². The van der Waals surface area contributed by atoms with Crippen LogP contribution in [0, 0.1) is 0 Å². The first-order valence-corrected chi connectivity index (χ1v) is 11.6. The number of hydrogen-bond donors (Lipinski definition) is 1. The highest BCUT2D eigenvalue weighted by Crippen LogP contribution is 2.40. The van der Waals surface area contributed by atoms with E-state index in [0.717, 1.165) is 19.6 Å². The fourth-order valence-corrected chi connectivity index (χ4v) is 4.31. The summed E-state index contributed by atoms with van der Waals surface area (Å²) in [4.78, 5) is 34.0. The number of aromatic nitrogens is 1. The maximum absolute atomic E-state index is 13.1. The predicted molar refractivity (Wildman–Crippen MR) is 128 cm³/mol. The van der Waals surface area contributed by atoms with E-state index in [0.29, 0.717) is 41.5 Å². The molecule has 1 fully saturated rings. The Balaban J connectivity index is 2.01. The molecule has 0 unspecified atom stereocenters. The van der Waals surface area contributed by atoms with Gasteiger partial charge in [-0.1, -0.05) is 31.5 Å². The summed E-state index contributed by atoms with van der Waals surface area (Å²) in [6.07, 6.45) is 3.95. The molecule has 0 saturated carbocycles. The van der Waals surface area contributed by atoms with Crippen molar-refractivity contribution in [3.63, 3.8) is 0 Å². The molecule has 0 radical (unpaired) electrons. The van der Waals surface area contributed by atoms with E-state index in [9.17, 15) is 14.7 Å². The molecule has 3 rings (SSSR count). The van der Waals surface area contributed by atoms with Crippen molar-refractivity contribution in [2.75, 3.05) is 32.8 Å². The van der Waals surface area contributed by atoms with Crippen LogP contribution >= 0.6 is 11.6 Å². The fraction of sp³-hybridized carbons (Fsp3) is 0.400. The molecule has 1 aromatic heterocycles. The van der Waals surface area contributed by atoms with Gasteiger partial charge in [-0.05, 0) is 62.8 Å². The lowest BCUT2D eigenvalue weighted by Crippen LogP contribution is -2.33. The monoisotopic (exact) mass is 471 g/mol. The van der Waals surface area contributed by atoms with Crippen LogP contribution in [0.3, 0.4) is 0 Å². The molecule has 0 bridgehead atoms. The summed E-state index contributed by atoms with van der Waals surface area (Å²) in [5.41, 5.74) is 1.05. The molecular weight excluding hydrogens is 442 g/mol. The second-order valence-electron chi connectivity index (χ2n) is 7.74. The Labute approximate surface area is 199 Å². The summed E-state index contributed by atoms with van der Waals surface area (Å²) >= 11 is 6.30. The maximum atomic E-state index is 13.1. The zero-order valence-corrected chi connectivity index (χ0v) is 20.0. The molecule has 0 aliphatic carbocycles. The van der Waals surface area contributed by atoms with Crippen LogP contribution in [0.2, 0.25) is 5.02 Å². The number of ether oxygens (including phenoxy) is 1. The molecule has 1 N–H and O–H groups in total. The van der Waals surface area contributed by atoms with Gasteiger partial charge in [-0.15, -0.1) is 0 Å². The highest BCUT2D eigenvalue weighted by molar-refractivity contribution is 6.46. The van der Waals surface area contributed by atoms with Crippen LogP contribution in [0.25, 0.3) is 5.76 Å². The third kappa shape index (κ3) is 5.37. The summed E-state index contributed by atoms with van der Waals surface area (Å²) in [5, 5.41) is 11.5. The number of aliphatic hydroxyl groups excluding tert-OH is 1. The number of carbonyl (C=O) groups excluding carboxylic acids is 2. The SMILES string of the molecule is CCOc1ccc(C(O)=C2C(=O)C(=O)N(CCCN(CC)CC)[C@H]2c2cccnc2)cc1Cl. The maximum Gasteiger partial charge on any atom is 0.295 e. The van der Waals surface area contributed by atoms with Crippen LogP contribution in [-0.4, -0.2) is 64.4 Å². The number of amides is 1. The van der Waals surface area contributed by atoms with Crippen LogP contribution < -0.4 is 4.74 Å². The molecule has 0 spiro atoms. The van der Waals surface area contributed by atoms with Crippen LogP contribution in [0.5, 0.6) is 5.75 Å². The lowest BCUT2D eigenvalue weighted by atomic mass is 9.96. The standard InChI is InChI=1S/C25H30ClN3O4/c1-4-28(5-2)13-8-14-29-22(18-9-7-12-27-16-18)21(24(31)25(29)32)23(30)17-10-11-20(33-6-3)19(26)15-17/h7,9-12,15-16,22,30H,4-6,8,13-14H2,1-3H3/t22-/m0/s1. The summed E-state index contributed by atoms with van der Waals surface area (Å²) in [6, 6.07) is 7.63. The largest absolute Gasteiger partial charge is 0.507 e. The first-order chi connectivity index (χ1) is 15.9. The van der Waals surface area contributed by atoms with E-state index in [-0.39, 0.29) is 11.3 Å². The molecular formula is C25H30ClN3O4. The van der Waals surface area contributed by atoms with E-state index < -0.39 is 17.7 Å². The highest BCUT2D eigenvalue weighted by atomic mass is 35.5. The molecule has 1 aliphatic rings. The van der Waals surface area contributed by atoms with Gasteiger partial charge in [-0.3, -0.25) is 14.6 Å². The van der Waals surface area contributed by atoms with E-state index in [2.05, 4.69) is 23.7 Å². The second kappa shape index (κ2) is 11.3. The second-order valence-corrected chi connectivity index (χ2v) is 8.14. The Hall–Kier alpha value is -2.90. The number of ketones is 1. The number of aliphatic hydroxyl groups is 1. The van der Waals surface area contributed by atoms with Crippen molar-refractivity contribution < 1.29 is 19.4 Å². The van der Waals surface area contributed by atoms with Gasteiger partial charge >= 0.3 is 0 Å². The van der Waals surface area contributed by atoms with E-state index in [4.69, 9.17) is 16.3 Å². The van der Waals surface area contributed by atoms with Crippen molar-refractivity contribution in [3.05, 3.63) is 64.4 Å². The average Bonchev–Trinajstić information content (AvgIpc) is 3.08. The molecule has 2 heterocycles. The number of Topliss-reactive ketones (excluding diaryl/α,β-unsaturated/α-hetero) is 1. The molecule has 1 aliphatic heterocycles. The molecule has 33 heavy (non-hydrogen) atoms. The zero-order chi connectivity index (χ0) is 24.0. The molecule has 7 nitrogen and oxygen atoms in total. The molecule has 1 saturated heterocycles. The van der Waals surface area contributed by atoms with E-state index in [1.807, 2.05) is 6.92 Å². The quantitative estimate of drug-likeness (QED) is 0.316. The first-order valence-electron chi connectivity index (χ1n) is 11.3. The van der Waals surface area contributed by atoms with E-state index in [1.54, 1.807) is 36.7 Å². The number of hydrogen-bond acceptors (Lipinski definition) is 6. The number of rotatable bonds is 10. The molecule has 1 amide bonds. The minimum absolute atomic E-state index is 0.0380. The molecule has 1 aromatic carbocycles. The smallest absolute Gasteiger partial charge is 0.295 e. The van der Waals surface area contributed by atoms with Crippen molar-refractivity contribution in [3.8, 4) is 5.75 Å². The van der Waals surface area contributed by atoms with Crippen LogP contribution in [-0.2, 0) is 9.59 Å². The number of likely N-dealkylation sites (tertiary alicyclic amines) is 1. The molecule has 176 valence electrons. The van der Waals surface area contributed by atoms with Crippen LogP contribution in [0.1, 0.15) is 44.4 Å². The Kier molecular flexibility index (Phi) is 8.47. The van der Waals surface area contributed by atoms with Gasteiger partial charge in [-0.25, -0.2) is 0 Å². The Morgan fingerprint density at radius 3 is 2.58 bits per heavy atom. The zero-order valence-electron chi connectivity index (χ0n) is 19.3. The van der Waals surface area contributed by atoms with Gasteiger partial charge < -0.3 is 19.6 Å². The minimum atomic E-state index is -0.722. The number of halogens is 1. The van der Waals surface area contributed by atoms with E-state index >= 15 is 0 Å². The Morgan fingerprint density at radius 2 is 1.97 bits per heavy atom. The van der Waals surface area contributed by atoms with Gasteiger partial charge in [0.25, 0.3) is 11.7 Å². The summed E-state index contributed by atoms with van der Waals surface area (Å²) in [6.45, 7) is 9.51. The highest BCUT2D eigenvalue weighted by Gasteiger charge is 2.45. The van der Waals surface area contributed by atoms with Crippen molar-refractivity contribution in [2.24, 2.45) is 0 Å². The lowest BCUT2D eigenvalue weighted by molar-refractivity contribution is -0.140. The third-order valence-corrected chi connectivity index (χ3v) is 6.11. The minimum Gasteiger partial charge on any atom is -0.507 e. The van der Waals surface area contributed by atoms with Crippen LogP contribution in [0.15, 0.2) is 48.3 Å². The molecule has 2 aromatic rings. The summed E-state index contributed by atoms with van der Waals surface area (Å²) < 4.78 is 5.45. The number of pyridine rings is 1. The normalized spacial score (nSPS) is 17.7. The van der Waals surface area contributed by atoms with Crippen molar-refractivity contribution in [1.29, 1.82) is 0 Å². The van der Waals surface area contributed by atoms with Crippen LogP contribution in [0.4, 0.5) is 0 Å². The van der Waals surface area contributed by atoms with Gasteiger partial charge in [0.2, 0.25) is 0 Å². The Morgan fingerprint density at radius 1 is 1.21 bits per heavy atom. The van der Waals surface area contributed by atoms with Gasteiger partial charge in [0, 0.05) is 24.5 Å². The lowest BCUT2D eigenvalue weighted by Gasteiger charge is -2.26. The predicted octanol–water partition coefficient (Wildman–Crippen LogP) is 4.29.